The van der Waals surface area contributed by atoms with Crippen LogP contribution in [0.15, 0.2) is 0 Å². The van der Waals surface area contributed by atoms with Crippen LogP contribution >= 0.6 is 0 Å². The van der Waals surface area contributed by atoms with Gasteiger partial charge in [0.25, 0.3) is 0 Å². The molecule has 2 fully saturated rings. The minimum Gasteiger partial charge on any atom is -0.356 e. The van der Waals surface area contributed by atoms with Crippen molar-refractivity contribution in [3.63, 3.8) is 0 Å². The summed E-state index contributed by atoms with van der Waals surface area (Å²) in [5.74, 6) is 1.84. The molecule has 0 heterocycles. The molecule has 2 saturated carbocycles. The Labute approximate surface area is 111 Å². The van der Waals surface area contributed by atoms with Gasteiger partial charge in [-0.05, 0) is 37.5 Å². The van der Waals surface area contributed by atoms with Crippen molar-refractivity contribution < 1.29 is 4.79 Å². The molecule has 0 radical (unpaired) electrons. The molecule has 3 unspecified atom stereocenters. The lowest BCUT2D eigenvalue weighted by Gasteiger charge is -2.31. The first kappa shape index (κ1) is 13.9. The fourth-order valence-electron chi connectivity index (χ4n) is 3.50. The van der Waals surface area contributed by atoms with Gasteiger partial charge in [-0.25, -0.2) is 0 Å². The van der Waals surface area contributed by atoms with Crippen LogP contribution in [-0.4, -0.2) is 18.5 Å². The second-order valence-electron chi connectivity index (χ2n) is 6.38. The van der Waals surface area contributed by atoms with Crippen molar-refractivity contribution in [3.05, 3.63) is 0 Å². The van der Waals surface area contributed by atoms with Gasteiger partial charge >= 0.3 is 0 Å². The molecule has 3 N–H and O–H groups in total. The van der Waals surface area contributed by atoms with Crippen LogP contribution in [0.3, 0.4) is 0 Å². The molecule has 1 amide bonds. The van der Waals surface area contributed by atoms with E-state index in [0.717, 1.165) is 31.7 Å². The van der Waals surface area contributed by atoms with Crippen LogP contribution in [0.25, 0.3) is 0 Å². The van der Waals surface area contributed by atoms with E-state index in [1.54, 1.807) is 0 Å². The van der Waals surface area contributed by atoms with Crippen LogP contribution in [0.2, 0.25) is 0 Å². The van der Waals surface area contributed by atoms with E-state index in [0.29, 0.717) is 12.0 Å². The van der Waals surface area contributed by atoms with Gasteiger partial charge in [-0.1, -0.05) is 32.6 Å². The predicted molar refractivity (Wildman–Crippen MR) is 74.1 cm³/mol. The van der Waals surface area contributed by atoms with E-state index >= 15 is 0 Å². The third kappa shape index (κ3) is 3.71. The number of hydrogen-bond acceptors (Lipinski definition) is 2. The summed E-state index contributed by atoms with van der Waals surface area (Å²) in [6.45, 7) is 3.04. The molecule has 0 spiro atoms. The minimum atomic E-state index is 0.211. The zero-order chi connectivity index (χ0) is 13.0. The first-order valence-corrected chi connectivity index (χ1v) is 7.70. The molecular weight excluding hydrogens is 224 g/mol. The lowest BCUT2D eigenvalue weighted by Crippen LogP contribution is -2.40. The zero-order valence-electron chi connectivity index (χ0n) is 11.7. The van der Waals surface area contributed by atoms with E-state index in [1.165, 1.54) is 32.1 Å². The quantitative estimate of drug-likeness (QED) is 0.807. The predicted octanol–water partition coefficient (Wildman–Crippen LogP) is 2.45. The first-order valence-electron chi connectivity index (χ1n) is 7.70. The molecule has 0 aromatic rings. The molecule has 3 atom stereocenters. The molecule has 3 nitrogen and oxygen atoms in total. The summed E-state index contributed by atoms with van der Waals surface area (Å²) in [7, 11) is 0. The Hall–Kier alpha value is -0.570. The Balaban J connectivity index is 1.64. The van der Waals surface area contributed by atoms with Gasteiger partial charge in [0, 0.05) is 18.5 Å². The zero-order valence-corrected chi connectivity index (χ0v) is 11.7. The van der Waals surface area contributed by atoms with Gasteiger partial charge in [-0.15, -0.1) is 0 Å². The molecule has 2 aliphatic rings. The molecular formula is C15H28N2O. The van der Waals surface area contributed by atoms with Crippen LogP contribution in [0.1, 0.15) is 58.3 Å². The highest BCUT2D eigenvalue weighted by Crippen LogP contribution is 2.29. The minimum absolute atomic E-state index is 0.211. The molecule has 104 valence electrons. The summed E-state index contributed by atoms with van der Waals surface area (Å²) in [6, 6.07) is 0.299. The third-order valence-corrected chi connectivity index (χ3v) is 4.93. The number of carbonyl (C=O) groups is 1. The van der Waals surface area contributed by atoms with Crippen LogP contribution in [-0.2, 0) is 4.79 Å². The van der Waals surface area contributed by atoms with Crippen LogP contribution in [0, 0.1) is 17.8 Å². The topological polar surface area (TPSA) is 55.1 Å². The summed E-state index contributed by atoms with van der Waals surface area (Å²) in [6.07, 6.45) is 9.62. The maximum Gasteiger partial charge on any atom is 0.223 e. The second kappa shape index (κ2) is 6.55. The molecule has 0 aromatic carbocycles. The third-order valence-electron chi connectivity index (χ3n) is 4.93. The van der Waals surface area contributed by atoms with E-state index in [2.05, 4.69) is 12.2 Å². The lowest BCUT2D eigenvalue weighted by atomic mass is 9.79. The molecule has 0 aromatic heterocycles. The number of hydrogen-bond donors (Lipinski definition) is 2. The maximum atomic E-state index is 12.1. The van der Waals surface area contributed by atoms with Crippen LogP contribution in [0.4, 0.5) is 0 Å². The Morgan fingerprint density at radius 3 is 2.61 bits per heavy atom. The average molecular weight is 252 g/mol. The normalized spacial score (nSPS) is 33.6. The molecule has 2 rings (SSSR count). The van der Waals surface area contributed by atoms with Crippen molar-refractivity contribution in [1.29, 1.82) is 0 Å². The van der Waals surface area contributed by atoms with Crippen molar-refractivity contribution in [3.8, 4) is 0 Å². The van der Waals surface area contributed by atoms with E-state index in [-0.39, 0.29) is 11.8 Å². The molecule has 0 bridgehead atoms. The van der Waals surface area contributed by atoms with Gasteiger partial charge < -0.3 is 11.1 Å². The fourth-order valence-corrected chi connectivity index (χ4v) is 3.50. The highest BCUT2D eigenvalue weighted by Gasteiger charge is 2.29. The van der Waals surface area contributed by atoms with Gasteiger partial charge in [-0.3, -0.25) is 4.79 Å². The van der Waals surface area contributed by atoms with Gasteiger partial charge in [0.1, 0.15) is 0 Å². The van der Waals surface area contributed by atoms with Crippen molar-refractivity contribution in [2.75, 3.05) is 6.54 Å². The largest absolute Gasteiger partial charge is 0.356 e. The van der Waals surface area contributed by atoms with E-state index in [1.807, 2.05) is 0 Å². The average Bonchev–Trinajstić information content (AvgIpc) is 2.85. The van der Waals surface area contributed by atoms with Crippen molar-refractivity contribution in [2.45, 2.75) is 64.3 Å². The number of nitrogens with two attached hydrogens (primary N) is 1. The summed E-state index contributed by atoms with van der Waals surface area (Å²) in [5.41, 5.74) is 5.99. The van der Waals surface area contributed by atoms with Gasteiger partial charge in [0.15, 0.2) is 0 Å². The second-order valence-corrected chi connectivity index (χ2v) is 6.38. The van der Waals surface area contributed by atoms with Gasteiger partial charge in [0.2, 0.25) is 5.91 Å². The lowest BCUT2D eigenvalue weighted by molar-refractivity contribution is -0.126. The van der Waals surface area contributed by atoms with E-state index in [4.69, 9.17) is 5.73 Å². The monoisotopic (exact) mass is 252 g/mol. The van der Waals surface area contributed by atoms with Crippen molar-refractivity contribution >= 4 is 5.91 Å². The van der Waals surface area contributed by atoms with Crippen LogP contribution in [0.5, 0.6) is 0 Å². The molecule has 3 heteroatoms. The molecule has 0 aliphatic heterocycles. The van der Waals surface area contributed by atoms with Crippen molar-refractivity contribution in [2.24, 2.45) is 23.5 Å². The van der Waals surface area contributed by atoms with E-state index < -0.39 is 0 Å². The summed E-state index contributed by atoms with van der Waals surface area (Å²) in [4.78, 5) is 12.1. The molecule has 2 aliphatic carbocycles. The standard InChI is InChI=1S/C15H28N2O/c1-11-10-13(6-7-14(11)16)15(18)17-9-8-12-4-2-3-5-12/h11-14H,2-10,16H2,1H3,(H,17,18). The molecule has 18 heavy (non-hydrogen) atoms. The Bertz CT molecular complexity index is 274. The number of nitrogens with one attached hydrogen (secondary N) is 1. The maximum absolute atomic E-state index is 12.1. The van der Waals surface area contributed by atoms with Crippen LogP contribution < -0.4 is 11.1 Å². The first-order chi connectivity index (χ1) is 8.66. The SMILES string of the molecule is CC1CC(C(=O)NCCC2CCCC2)CCC1N. The number of carbonyl (C=O) groups excluding carboxylic acids is 1. The summed E-state index contributed by atoms with van der Waals surface area (Å²) < 4.78 is 0. The Morgan fingerprint density at radius 2 is 1.94 bits per heavy atom. The van der Waals surface area contributed by atoms with E-state index in [9.17, 15) is 4.79 Å². The summed E-state index contributed by atoms with van der Waals surface area (Å²) in [5, 5.41) is 3.13. The Morgan fingerprint density at radius 1 is 1.22 bits per heavy atom. The smallest absolute Gasteiger partial charge is 0.223 e. The highest BCUT2D eigenvalue weighted by atomic mass is 16.1. The number of amides is 1. The van der Waals surface area contributed by atoms with Gasteiger partial charge in [0.05, 0.1) is 0 Å². The van der Waals surface area contributed by atoms with Gasteiger partial charge in [-0.2, -0.15) is 0 Å². The molecule has 0 saturated heterocycles. The van der Waals surface area contributed by atoms with Crippen molar-refractivity contribution in [1.82, 2.24) is 5.32 Å². The summed E-state index contributed by atoms with van der Waals surface area (Å²) >= 11 is 0. The Kier molecular flexibility index (Phi) is 5.04. The highest BCUT2D eigenvalue weighted by molar-refractivity contribution is 5.78. The number of rotatable bonds is 4. The fraction of sp³-hybridized carbons (Fsp3) is 0.933.